The maximum Gasteiger partial charge on any atom is 0.390 e. The van der Waals surface area contributed by atoms with Crippen molar-refractivity contribution in [1.82, 2.24) is 4.98 Å². The third-order valence-corrected chi connectivity index (χ3v) is 5.81. The number of aliphatic imine (C=N–C) groups is 1. The lowest BCUT2D eigenvalue weighted by molar-refractivity contribution is -0.136. The number of H-pyrrole nitrogens is 1. The summed E-state index contributed by atoms with van der Waals surface area (Å²) < 4.78 is 40.7. The lowest BCUT2D eigenvalue weighted by Gasteiger charge is -2.19. The Bertz CT molecular complexity index is 1170. The molecular weight excluding hydrogens is 413 g/mol. The average molecular weight is 429 g/mol. The van der Waals surface area contributed by atoms with E-state index in [1.54, 1.807) is 29.6 Å². The average Bonchev–Trinajstić information content (AvgIpc) is 3.34. The highest BCUT2D eigenvalue weighted by molar-refractivity contribution is 7.78. The number of isothiocyanates is 1. The lowest BCUT2D eigenvalue weighted by Crippen LogP contribution is -2.14. The second-order valence-corrected chi connectivity index (χ2v) is 7.76. The van der Waals surface area contributed by atoms with E-state index in [0.29, 0.717) is 27.2 Å². The first-order valence-corrected chi connectivity index (χ1v) is 10.1. The fourth-order valence-electron chi connectivity index (χ4n) is 3.58. The van der Waals surface area contributed by atoms with E-state index >= 15 is 0 Å². The zero-order chi connectivity index (χ0) is 20.4. The van der Waals surface area contributed by atoms with Crippen LogP contribution in [0.1, 0.15) is 22.8 Å². The Kier molecular flexibility index (Phi) is 5.37. The van der Waals surface area contributed by atoms with Gasteiger partial charge in [-0.2, -0.15) is 18.2 Å². The summed E-state index contributed by atoms with van der Waals surface area (Å²) in [6.07, 6.45) is -5.25. The van der Waals surface area contributed by atoms with Crippen molar-refractivity contribution in [2.45, 2.75) is 18.5 Å². The van der Waals surface area contributed by atoms with E-state index in [4.69, 9.17) is 0 Å². The Morgan fingerprint density at radius 3 is 2.52 bits per heavy atom. The highest BCUT2D eigenvalue weighted by atomic mass is 32.1. The second kappa shape index (κ2) is 7.95. The Morgan fingerprint density at radius 1 is 1.07 bits per heavy atom. The minimum atomic E-state index is -4.31. The van der Waals surface area contributed by atoms with Crippen LogP contribution in [0.5, 0.6) is 0 Å². The van der Waals surface area contributed by atoms with Gasteiger partial charge in [0.15, 0.2) is 0 Å². The van der Waals surface area contributed by atoms with E-state index in [9.17, 15) is 13.2 Å². The van der Waals surface area contributed by atoms with Gasteiger partial charge in [0.25, 0.3) is 0 Å². The maximum absolute atomic E-state index is 13.6. The summed E-state index contributed by atoms with van der Waals surface area (Å²) in [6.45, 7) is 0. The van der Waals surface area contributed by atoms with Gasteiger partial charge in [0.1, 0.15) is 0 Å². The van der Waals surface area contributed by atoms with Gasteiger partial charge in [-0.15, -0.1) is 11.3 Å². The van der Waals surface area contributed by atoms with Crippen LogP contribution in [0, 0.1) is 0 Å². The van der Waals surface area contributed by atoms with Gasteiger partial charge < -0.3 is 4.98 Å². The smallest absolute Gasteiger partial charge is 0.354 e. The lowest BCUT2D eigenvalue weighted by atomic mass is 9.89. The molecule has 0 bridgehead atoms. The number of hydrogen-bond acceptors (Lipinski definition) is 3. The highest BCUT2D eigenvalue weighted by Crippen LogP contribution is 2.45. The van der Waals surface area contributed by atoms with Gasteiger partial charge >= 0.3 is 6.18 Å². The summed E-state index contributed by atoms with van der Waals surface area (Å²) in [5, 5.41) is 4.83. The van der Waals surface area contributed by atoms with Crippen LogP contribution in [-0.4, -0.2) is 16.3 Å². The summed E-state index contributed by atoms with van der Waals surface area (Å²) in [5.74, 6) is -0.828. The minimum absolute atomic E-state index is 0.560. The molecule has 4 rings (SSSR count). The topological polar surface area (TPSA) is 28.1 Å². The van der Waals surface area contributed by atoms with Gasteiger partial charge in [-0.3, -0.25) is 0 Å². The summed E-state index contributed by atoms with van der Waals surface area (Å²) in [5.41, 5.74) is 3.46. The van der Waals surface area contributed by atoms with Crippen molar-refractivity contribution in [3.63, 3.8) is 0 Å². The third kappa shape index (κ3) is 4.17. The van der Waals surface area contributed by atoms with E-state index in [1.807, 2.05) is 36.4 Å². The first-order chi connectivity index (χ1) is 14.0. The number of nitrogens with zero attached hydrogens (tertiary/aromatic N) is 1. The number of aromatic amines is 1. The van der Waals surface area contributed by atoms with Gasteiger partial charge in [-0.25, -0.2) is 0 Å². The number of thiocarbonyl (C=S) groups is 1. The Labute approximate surface area is 174 Å². The second-order valence-electron chi connectivity index (χ2n) is 6.60. The first kappa shape index (κ1) is 19.6. The molecule has 0 aliphatic heterocycles. The largest absolute Gasteiger partial charge is 0.390 e. The minimum Gasteiger partial charge on any atom is -0.354 e. The zero-order valence-corrected chi connectivity index (χ0v) is 16.7. The fraction of sp³-hybridized carbons (Fsp3) is 0.136. The number of rotatable bonds is 5. The number of halogens is 3. The van der Waals surface area contributed by atoms with Crippen LogP contribution in [-0.2, 0) is 0 Å². The van der Waals surface area contributed by atoms with Crippen LogP contribution in [0.25, 0.3) is 22.2 Å². The molecule has 146 valence electrons. The number of benzene rings is 2. The molecule has 0 radical (unpaired) electrons. The molecule has 1 atom stereocenters. The van der Waals surface area contributed by atoms with Gasteiger partial charge in [-0.1, -0.05) is 36.4 Å². The summed E-state index contributed by atoms with van der Waals surface area (Å²) in [6, 6.07) is 18.3. The Morgan fingerprint density at radius 2 is 1.86 bits per heavy atom. The first-order valence-electron chi connectivity index (χ1n) is 8.85. The molecule has 0 spiro atoms. The van der Waals surface area contributed by atoms with Crippen molar-refractivity contribution in [3.05, 3.63) is 76.5 Å². The van der Waals surface area contributed by atoms with Gasteiger partial charge in [0, 0.05) is 21.7 Å². The number of aromatic nitrogens is 1. The fourth-order valence-corrected chi connectivity index (χ4v) is 4.53. The van der Waals surface area contributed by atoms with Gasteiger partial charge in [-0.05, 0) is 53.0 Å². The molecule has 0 aliphatic carbocycles. The van der Waals surface area contributed by atoms with E-state index < -0.39 is 18.5 Å². The van der Waals surface area contributed by atoms with Crippen molar-refractivity contribution >= 4 is 45.3 Å². The molecule has 0 fully saturated rings. The van der Waals surface area contributed by atoms with Crippen LogP contribution in [0.3, 0.4) is 0 Å². The predicted octanol–water partition coefficient (Wildman–Crippen LogP) is 7.72. The molecular formula is C22H15F3N2S2. The van der Waals surface area contributed by atoms with E-state index in [-0.39, 0.29) is 0 Å². The zero-order valence-electron chi connectivity index (χ0n) is 15.0. The number of nitrogens with one attached hydrogen (secondary N) is 1. The van der Waals surface area contributed by atoms with Crippen molar-refractivity contribution in [2.24, 2.45) is 4.99 Å². The molecule has 2 aromatic heterocycles. The Balaban J connectivity index is 2.02. The standard InChI is InChI=1S/C22H15F3N2S2/c23-22(24,25)12-17(19-7-4-10-29-19)20-16-11-15(26-13-28)8-9-18(16)27-21(20)14-5-2-1-3-6-14/h1-11,17,27H,12H2. The van der Waals surface area contributed by atoms with Crippen molar-refractivity contribution < 1.29 is 13.2 Å². The van der Waals surface area contributed by atoms with Crippen LogP contribution in [0.2, 0.25) is 0 Å². The van der Waals surface area contributed by atoms with E-state index in [1.165, 1.54) is 11.3 Å². The van der Waals surface area contributed by atoms with E-state index in [2.05, 4.69) is 27.4 Å². The van der Waals surface area contributed by atoms with Crippen LogP contribution in [0.4, 0.5) is 18.9 Å². The van der Waals surface area contributed by atoms with Crippen LogP contribution >= 0.6 is 23.6 Å². The number of alkyl halides is 3. The summed E-state index contributed by atoms with van der Waals surface area (Å²) in [7, 11) is 0. The molecule has 0 saturated carbocycles. The Hall–Kier alpha value is -2.73. The summed E-state index contributed by atoms with van der Waals surface area (Å²) >= 11 is 6.02. The predicted molar refractivity (Wildman–Crippen MR) is 115 cm³/mol. The van der Waals surface area contributed by atoms with Crippen LogP contribution in [0.15, 0.2) is 71.0 Å². The maximum atomic E-state index is 13.6. The van der Waals surface area contributed by atoms with Crippen LogP contribution < -0.4 is 0 Å². The molecule has 0 saturated heterocycles. The normalized spacial score (nSPS) is 12.7. The number of fused-ring (bicyclic) bond motifs is 1. The quantitative estimate of drug-likeness (QED) is 0.256. The third-order valence-electron chi connectivity index (χ3n) is 4.73. The van der Waals surface area contributed by atoms with Crippen molar-refractivity contribution in [2.75, 3.05) is 0 Å². The highest BCUT2D eigenvalue weighted by Gasteiger charge is 2.36. The SMILES string of the molecule is FC(F)(F)CC(c1cccs1)c1c(-c2ccccc2)[nH]c2ccc(N=C=S)cc12. The van der Waals surface area contributed by atoms with Crippen molar-refractivity contribution in [3.8, 4) is 11.3 Å². The number of hydrogen-bond donors (Lipinski definition) is 1. The molecule has 2 aromatic carbocycles. The van der Waals surface area contributed by atoms with Gasteiger partial charge in [0.05, 0.1) is 23.0 Å². The molecule has 4 aromatic rings. The monoisotopic (exact) mass is 428 g/mol. The molecule has 7 heteroatoms. The molecule has 1 N–H and O–H groups in total. The molecule has 0 aliphatic rings. The van der Waals surface area contributed by atoms with Gasteiger partial charge in [0.2, 0.25) is 0 Å². The molecule has 1 unspecified atom stereocenters. The molecule has 0 amide bonds. The molecule has 29 heavy (non-hydrogen) atoms. The molecule has 2 heterocycles. The summed E-state index contributed by atoms with van der Waals surface area (Å²) in [4.78, 5) is 8.01. The molecule has 2 nitrogen and oxygen atoms in total. The van der Waals surface area contributed by atoms with E-state index in [0.717, 1.165) is 11.1 Å². The van der Waals surface area contributed by atoms with Crippen molar-refractivity contribution in [1.29, 1.82) is 0 Å². The number of thiophene rings is 1.